The molecule has 3 N–H and O–H groups in total. The van der Waals surface area contributed by atoms with Crippen LogP contribution in [0, 0.1) is 11.8 Å². The van der Waals surface area contributed by atoms with Crippen molar-refractivity contribution in [2.75, 3.05) is 29.9 Å². The van der Waals surface area contributed by atoms with Crippen molar-refractivity contribution < 1.29 is 14.4 Å². The Morgan fingerprint density at radius 2 is 1.86 bits per heavy atom. The van der Waals surface area contributed by atoms with Crippen molar-refractivity contribution in [2.24, 2.45) is 22.6 Å². The number of hydrogen-bond acceptors (Lipinski definition) is 5. The third-order valence-electron chi connectivity index (χ3n) is 6.82. The molecule has 36 heavy (non-hydrogen) atoms. The molecule has 0 aromatic heterocycles. The third-order valence-corrected chi connectivity index (χ3v) is 7.56. The summed E-state index contributed by atoms with van der Waals surface area (Å²) >= 11 is 12.1. The van der Waals surface area contributed by atoms with Crippen LogP contribution in [0.2, 0.25) is 10.0 Å². The molecule has 0 spiro atoms. The van der Waals surface area contributed by atoms with Crippen LogP contribution < -0.4 is 20.9 Å². The number of likely N-dealkylation sites (N-methyl/N-ethyl adjacent to an activating group) is 1. The molecular weight excluding hydrogens is 501 g/mol. The van der Waals surface area contributed by atoms with E-state index >= 15 is 0 Å². The molecule has 4 rings (SSSR count). The summed E-state index contributed by atoms with van der Waals surface area (Å²) in [6.07, 6.45) is 2.45. The lowest BCUT2D eigenvalue weighted by atomic mass is 9.96. The van der Waals surface area contributed by atoms with Crippen LogP contribution >= 0.6 is 23.2 Å². The van der Waals surface area contributed by atoms with Gasteiger partial charge in [0, 0.05) is 49.4 Å². The lowest BCUT2D eigenvalue weighted by Gasteiger charge is -2.33. The highest BCUT2D eigenvalue weighted by molar-refractivity contribution is 6.42. The molecule has 2 heterocycles. The van der Waals surface area contributed by atoms with Crippen molar-refractivity contribution in [3.8, 4) is 0 Å². The molecule has 190 valence electrons. The molecule has 10 heteroatoms. The van der Waals surface area contributed by atoms with Crippen molar-refractivity contribution in [1.29, 1.82) is 0 Å². The standard InChI is InChI=1S/C26H29Cl2N5O3/c1-15(11-16-3-6-20(27)21(28)12-16)25(35)31-24-26(36)32(2)22-13-19(5-4-18(22)14-30-24)33-9-7-17(8-10-33)23(29)34/h3-6,12-15,17,24H,7-11H2,1-2H3,(H2,29,34)(H,31,35)/t15-,24?/m0/s1. The number of benzene rings is 2. The smallest absolute Gasteiger partial charge is 0.272 e. The Bertz CT molecular complexity index is 1210. The zero-order valence-corrected chi connectivity index (χ0v) is 21.7. The van der Waals surface area contributed by atoms with Gasteiger partial charge >= 0.3 is 0 Å². The zero-order chi connectivity index (χ0) is 26.0. The maximum absolute atomic E-state index is 13.2. The number of benzodiazepines with no additional fused rings is 1. The molecule has 2 aliphatic heterocycles. The minimum absolute atomic E-state index is 0.0955. The molecule has 2 aromatic carbocycles. The molecule has 1 saturated heterocycles. The Kier molecular flexibility index (Phi) is 7.85. The second-order valence-electron chi connectivity index (χ2n) is 9.35. The Labute approximate surface area is 220 Å². The largest absolute Gasteiger partial charge is 0.371 e. The van der Waals surface area contributed by atoms with Crippen LogP contribution in [0.1, 0.15) is 30.9 Å². The molecule has 8 nitrogen and oxygen atoms in total. The van der Waals surface area contributed by atoms with Crippen LogP contribution in [-0.2, 0) is 20.8 Å². The van der Waals surface area contributed by atoms with Gasteiger partial charge < -0.3 is 20.9 Å². The van der Waals surface area contributed by atoms with Gasteiger partial charge in [0.2, 0.25) is 18.0 Å². The van der Waals surface area contributed by atoms with Gasteiger partial charge in [0.1, 0.15) is 0 Å². The molecule has 0 radical (unpaired) electrons. The van der Waals surface area contributed by atoms with Gasteiger partial charge in [0.05, 0.1) is 15.7 Å². The molecule has 0 bridgehead atoms. The zero-order valence-electron chi connectivity index (χ0n) is 20.2. The van der Waals surface area contributed by atoms with Crippen LogP contribution in [-0.4, -0.2) is 50.2 Å². The minimum atomic E-state index is -1.03. The number of piperidine rings is 1. The number of carbonyl (C=O) groups is 3. The minimum Gasteiger partial charge on any atom is -0.371 e. The number of nitrogens with zero attached hydrogens (tertiary/aromatic N) is 3. The molecule has 2 aromatic rings. The van der Waals surface area contributed by atoms with Crippen molar-refractivity contribution in [2.45, 2.75) is 32.4 Å². The first-order chi connectivity index (χ1) is 17.1. The van der Waals surface area contributed by atoms with Crippen LogP contribution in [0.15, 0.2) is 41.4 Å². The van der Waals surface area contributed by atoms with Crippen molar-refractivity contribution in [1.82, 2.24) is 5.32 Å². The van der Waals surface area contributed by atoms with Crippen LogP contribution in [0.5, 0.6) is 0 Å². The van der Waals surface area contributed by atoms with Crippen molar-refractivity contribution in [3.63, 3.8) is 0 Å². The van der Waals surface area contributed by atoms with Crippen LogP contribution in [0.25, 0.3) is 0 Å². The first kappa shape index (κ1) is 26.0. The summed E-state index contributed by atoms with van der Waals surface area (Å²) in [7, 11) is 1.68. The molecule has 0 saturated carbocycles. The second-order valence-corrected chi connectivity index (χ2v) is 10.2. The summed E-state index contributed by atoms with van der Waals surface area (Å²) in [6, 6.07) is 11.1. The first-order valence-electron chi connectivity index (χ1n) is 11.9. The van der Waals surface area contributed by atoms with Crippen molar-refractivity contribution >= 4 is 58.5 Å². The molecule has 3 amide bonds. The fourth-order valence-electron chi connectivity index (χ4n) is 4.56. The van der Waals surface area contributed by atoms with Gasteiger partial charge in [-0.2, -0.15) is 0 Å². The summed E-state index contributed by atoms with van der Waals surface area (Å²) < 4.78 is 0. The number of aliphatic imine (C=N–C) groups is 1. The molecule has 2 aliphatic rings. The molecule has 1 fully saturated rings. The van der Waals surface area contributed by atoms with E-state index in [9.17, 15) is 14.4 Å². The van der Waals surface area contributed by atoms with Crippen LogP contribution in [0.4, 0.5) is 11.4 Å². The SMILES string of the molecule is C[C@@H](Cc1ccc(Cl)c(Cl)c1)C(=O)NC1N=Cc2ccc(N3CCC(C(N)=O)CC3)cc2N(C)C1=O. The Hall–Kier alpha value is -3.10. The Morgan fingerprint density at radius 3 is 2.53 bits per heavy atom. The third kappa shape index (κ3) is 5.65. The number of amides is 3. The number of carbonyl (C=O) groups excluding carboxylic acids is 3. The van der Waals surface area contributed by atoms with E-state index in [1.54, 1.807) is 32.3 Å². The Morgan fingerprint density at radius 1 is 1.14 bits per heavy atom. The number of nitrogens with two attached hydrogens (primary N) is 1. The van der Waals surface area contributed by atoms with Crippen molar-refractivity contribution in [3.05, 3.63) is 57.6 Å². The lowest BCUT2D eigenvalue weighted by Crippen LogP contribution is -2.47. The summed E-state index contributed by atoms with van der Waals surface area (Å²) in [5.41, 5.74) is 8.78. The number of hydrogen-bond donors (Lipinski definition) is 2. The maximum Gasteiger partial charge on any atom is 0.272 e. The van der Waals surface area contributed by atoms with E-state index in [1.807, 2.05) is 24.3 Å². The van der Waals surface area contributed by atoms with Gasteiger partial charge in [-0.05, 0) is 55.2 Å². The number of anilines is 2. The second kappa shape index (κ2) is 10.9. The highest BCUT2D eigenvalue weighted by Gasteiger charge is 2.30. The highest BCUT2D eigenvalue weighted by atomic mass is 35.5. The average molecular weight is 530 g/mol. The summed E-state index contributed by atoms with van der Waals surface area (Å²) in [4.78, 5) is 45.7. The van der Waals surface area contributed by atoms with Gasteiger partial charge in [-0.25, -0.2) is 0 Å². The quantitative estimate of drug-likeness (QED) is 0.597. The molecule has 2 atom stereocenters. The number of fused-ring (bicyclic) bond motifs is 1. The predicted octanol–water partition coefficient (Wildman–Crippen LogP) is 3.41. The number of rotatable bonds is 6. The van der Waals surface area contributed by atoms with Gasteiger partial charge in [0.15, 0.2) is 0 Å². The molecular formula is C26H29Cl2N5O3. The maximum atomic E-state index is 13.2. The van der Waals surface area contributed by atoms with E-state index in [2.05, 4.69) is 15.2 Å². The Balaban J connectivity index is 1.43. The molecule has 1 unspecified atom stereocenters. The fourth-order valence-corrected chi connectivity index (χ4v) is 4.88. The number of halogens is 2. The van der Waals surface area contributed by atoms with E-state index in [0.717, 1.165) is 16.8 Å². The average Bonchev–Trinajstić information content (AvgIpc) is 2.98. The number of nitrogens with one attached hydrogen (secondary N) is 1. The summed E-state index contributed by atoms with van der Waals surface area (Å²) in [5, 5.41) is 3.66. The van der Waals surface area contributed by atoms with E-state index in [4.69, 9.17) is 28.9 Å². The van der Waals surface area contributed by atoms with E-state index in [-0.39, 0.29) is 23.6 Å². The van der Waals surface area contributed by atoms with E-state index < -0.39 is 12.1 Å². The normalized spacial score (nSPS) is 19.0. The van der Waals surface area contributed by atoms with Gasteiger partial charge in [-0.3, -0.25) is 19.4 Å². The topological polar surface area (TPSA) is 108 Å². The highest BCUT2D eigenvalue weighted by Crippen LogP contribution is 2.30. The predicted molar refractivity (Wildman–Crippen MR) is 143 cm³/mol. The van der Waals surface area contributed by atoms with Gasteiger partial charge in [-0.15, -0.1) is 0 Å². The van der Waals surface area contributed by atoms with E-state index in [0.29, 0.717) is 48.1 Å². The fraction of sp³-hybridized carbons (Fsp3) is 0.385. The lowest BCUT2D eigenvalue weighted by molar-refractivity contribution is -0.129. The molecule has 0 aliphatic carbocycles. The van der Waals surface area contributed by atoms with Gasteiger partial charge in [0.25, 0.3) is 5.91 Å². The number of primary amides is 1. The van der Waals surface area contributed by atoms with Crippen LogP contribution in [0.3, 0.4) is 0 Å². The first-order valence-corrected chi connectivity index (χ1v) is 12.6. The van der Waals surface area contributed by atoms with Gasteiger partial charge in [-0.1, -0.05) is 36.2 Å². The summed E-state index contributed by atoms with van der Waals surface area (Å²) in [6.45, 7) is 3.22. The monoisotopic (exact) mass is 529 g/mol. The summed E-state index contributed by atoms with van der Waals surface area (Å²) in [5.74, 6) is -1.37. The van der Waals surface area contributed by atoms with E-state index in [1.165, 1.54) is 4.90 Å².